The lowest BCUT2D eigenvalue weighted by molar-refractivity contribution is 0.155. The van der Waals surface area contributed by atoms with Gasteiger partial charge < -0.3 is 14.8 Å². The van der Waals surface area contributed by atoms with E-state index in [0.717, 1.165) is 17.2 Å². The zero-order valence-corrected chi connectivity index (χ0v) is 18.5. The third-order valence-electron chi connectivity index (χ3n) is 2.65. The molecular formula is C22H40N2O2. The van der Waals surface area contributed by atoms with Crippen LogP contribution in [0.3, 0.4) is 0 Å². The molecule has 0 bridgehead atoms. The Morgan fingerprint density at radius 3 is 2.00 bits per heavy atom. The third kappa shape index (κ3) is 14.4. The molecule has 4 nitrogen and oxygen atoms in total. The molecule has 4 heteroatoms. The minimum Gasteiger partial charge on any atom is -0.491 e. The lowest BCUT2D eigenvalue weighted by Gasteiger charge is -2.16. The molecule has 1 aliphatic rings. The molecule has 0 saturated heterocycles. The van der Waals surface area contributed by atoms with Crippen LogP contribution in [0.5, 0.6) is 5.75 Å². The first-order valence-electron chi connectivity index (χ1n) is 9.77. The quantitative estimate of drug-likeness (QED) is 0.708. The van der Waals surface area contributed by atoms with Crippen LogP contribution in [-0.4, -0.2) is 23.2 Å². The summed E-state index contributed by atoms with van der Waals surface area (Å²) < 4.78 is 10.9. The third-order valence-corrected chi connectivity index (χ3v) is 2.65. The summed E-state index contributed by atoms with van der Waals surface area (Å²) in [5, 5.41) is 3.16. The van der Waals surface area contributed by atoms with Crippen LogP contribution in [0.4, 0.5) is 0 Å². The van der Waals surface area contributed by atoms with E-state index in [4.69, 9.17) is 9.47 Å². The SMILES string of the molecule is CC.CC.CC1C=CC(OC(C)C)=CN1.Cc1cc(OC(C)C)ccn1. The van der Waals surface area contributed by atoms with Crippen LogP contribution in [0.1, 0.15) is 68.0 Å². The summed E-state index contributed by atoms with van der Waals surface area (Å²) in [7, 11) is 0. The van der Waals surface area contributed by atoms with Crippen LogP contribution in [0.15, 0.2) is 42.4 Å². The highest BCUT2D eigenvalue weighted by Gasteiger charge is 2.03. The number of pyridine rings is 1. The number of ether oxygens (including phenoxy) is 2. The maximum absolute atomic E-state index is 5.46. The van der Waals surface area contributed by atoms with Gasteiger partial charge in [-0.3, -0.25) is 4.98 Å². The Morgan fingerprint density at radius 1 is 1.00 bits per heavy atom. The standard InChI is InChI=1S/C9H13NO.C9H15NO.2C2H6/c1-7(2)11-9-4-5-10-8(3)6-9;1-7(2)11-9-5-4-8(3)10-6-9;2*1-2/h4-7H,1-3H3;4-8,10H,1-3H3;2*1-2H3. The molecule has 2 heterocycles. The van der Waals surface area contributed by atoms with Gasteiger partial charge in [-0.2, -0.15) is 0 Å². The number of hydrogen-bond donors (Lipinski definition) is 1. The first-order valence-corrected chi connectivity index (χ1v) is 9.77. The van der Waals surface area contributed by atoms with Gasteiger partial charge in [0.2, 0.25) is 0 Å². The molecule has 0 saturated carbocycles. The van der Waals surface area contributed by atoms with Crippen LogP contribution in [0, 0.1) is 6.92 Å². The molecule has 0 spiro atoms. The Labute approximate surface area is 161 Å². The summed E-state index contributed by atoms with van der Waals surface area (Å²) in [6.07, 6.45) is 8.23. The van der Waals surface area contributed by atoms with Gasteiger partial charge in [-0.15, -0.1) is 0 Å². The molecule has 1 atom stereocenters. The van der Waals surface area contributed by atoms with E-state index in [1.54, 1.807) is 6.20 Å². The normalized spacial score (nSPS) is 14.5. The Balaban J connectivity index is 0. The van der Waals surface area contributed by atoms with Crippen molar-refractivity contribution in [3.05, 3.63) is 48.1 Å². The van der Waals surface area contributed by atoms with E-state index in [-0.39, 0.29) is 12.2 Å². The maximum atomic E-state index is 5.46. The second kappa shape index (κ2) is 16.5. The monoisotopic (exact) mass is 364 g/mol. The van der Waals surface area contributed by atoms with Crippen LogP contribution < -0.4 is 10.1 Å². The zero-order chi connectivity index (χ0) is 20.5. The molecule has 0 aliphatic carbocycles. The molecule has 0 radical (unpaired) electrons. The fraction of sp³-hybridized carbons (Fsp3) is 0.591. The fourth-order valence-corrected chi connectivity index (χ4v) is 1.77. The summed E-state index contributed by atoms with van der Waals surface area (Å²) in [6, 6.07) is 4.22. The minimum absolute atomic E-state index is 0.233. The molecular weight excluding hydrogens is 324 g/mol. The van der Waals surface area contributed by atoms with Crippen molar-refractivity contribution < 1.29 is 9.47 Å². The molecule has 1 N–H and O–H groups in total. The van der Waals surface area contributed by atoms with Crippen LogP contribution in [0.2, 0.25) is 0 Å². The number of allylic oxidation sites excluding steroid dienone is 1. The highest BCUT2D eigenvalue weighted by atomic mass is 16.5. The Morgan fingerprint density at radius 2 is 1.58 bits per heavy atom. The Bertz CT molecular complexity index is 509. The van der Waals surface area contributed by atoms with Crippen molar-refractivity contribution in [2.45, 2.75) is 87.5 Å². The Kier molecular flexibility index (Phi) is 16.7. The minimum atomic E-state index is 0.233. The summed E-state index contributed by atoms with van der Waals surface area (Å²) in [5.74, 6) is 1.81. The topological polar surface area (TPSA) is 43.4 Å². The molecule has 1 aromatic heterocycles. The van der Waals surface area contributed by atoms with Crippen molar-refractivity contribution in [2.75, 3.05) is 0 Å². The van der Waals surface area contributed by atoms with Crippen molar-refractivity contribution in [3.63, 3.8) is 0 Å². The maximum Gasteiger partial charge on any atom is 0.135 e. The largest absolute Gasteiger partial charge is 0.491 e. The average Bonchev–Trinajstić information content (AvgIpc) is 2.60. The fourth-order valence-electron chi connectivity index (χ4n) is 1.77. The first kappa shape index (κ1) is 26.3. The zero-order valence-electron chi connectivity index (χ0n) is 18.5. The van der Waals surface area contributed by atoms with Crippen LogP contribution in [0.25, 0.3) is 0 Å². The molecule has 1 aromatic rings. The number of hydrogen-bond acceptors (Lipinski definition) is 4. The van der Waals surface area contributed by atoms with Crippen LogP contribution >= 0.6 is 0 Å². The summed E-state index contributed by atoms with van der Waals surface area (Å²) in [6.45, 7) is 20.1. The number of rotatable bonds is 4. The lowest BCUT2D eigenvalue weighted by atomic mass is 10.2. The van der Waals surface area contributed by atoms with E-state index in [2.05, 4.69) is 23.3 Å². The molecule has 0 aromatic carbocycles. The summed E-state index contributed by atoms with van der Waals surface area (Å²) >= 11 is 0. The second-order valence-corrected chi connectivity index (χ2v) is 5.83. The predicted molar refractivity (Wildman–Crippen MR) is 113 cm³/mol. The van der Waals surface area contributed by atoms with Crippen molar-refractivity contribution in [2.24, 2.45) is 0 Å². The molecule has 0 fully saturated rings. The van der Waals surface area contributed by atoms with E-state index in [1.807, 2.05) is 86.7 Å². The average molecular weight is 365 g/mol. The van der Waals surface area contributed by atoms with Gasteiger partial charge in [0.25, 0.3) is 0 Å². The van der Waals surface area contributed by atoms with Crippen molar-refractivity contribution in [1.82, 2.24) is 10.3 Å². The molecule has 2 rings (SSSR count). The summed E-state index contributed by atoms with van der Waals surface area (Å²) in [5.41, 5.74) is 0.989. The van der Waals surface area contributed by atoms with Gasteiger partial charge in [-0.1, -0.05) is 33.8 Å². The first-order chi connectivity index (χ1) is 12.4. The van der Waals surface area contributed by atoms with Gasteiger partial charge in [0, 0.05) is 30.2 Å². The van der Waals surface area contributed by atoms with Crippen molar-refractivity contribution in [1.29, 1.82) is 0 Å². The van der Waals surface area contributed by atoms with Crippen molar-refractivity contribution in [3.8, 4) is 5.75 Å². The predicted octanol–water partition coefficient (Wildman–Crippen LogP) is 6.03. The van der Waals surface area contributed by atoms with E-state index < -0.39 is 0 Å². The number of nitrogens with one attached hydrogen (secondary N) is 1. The molecule has 1 aliphatic heterocycles. The van der Waals surface area contributed by atoms with E-state index in [0.29, 0.717) is 6.04 Å². The van der Waals surface area contributed by atoms with Gasteiger partial charge in [0.1, 0.15) is 11.5 Å². The number of aromatic nitrogens is 1. The molecule has 0 amide bonds. The molecule has 150 valence electrons. The van der Waals surface area contributed by atoms with Gasteiger partial charge >= 0.3 is 0 Å². The number of aryl methyl sites for hydroxylation is 1. The van der Waals surface area contributed by atoms with Gasteiger partial charge in [0.15, 0.2) is 0 Å². The van der Waals surface area contributed by atoms with E-state index >= 15 is 0 Å². The van der Waals surface area contributed by atoms with Gasteiger partial charge in [-0.25, -0.2) is 0 Å². The van der Waals surface area contributed by atoms with E-state index in [1.165, 1.54) is 0 Å². The molecule has 26 heavy (non-hydrogen) atoms. The van der Waals surface area contributed by atoms with Crippen molar-refractivity contribution >= 4 is 0 Å². The molecule has 1 unspecified atom stereocenters. The van der Waals surface area contributed by atoms with Crippen LogP contribution in [-0.2, 0) is 4.74 Å². The lowest BCUT2D eigenvalue weighted by Crippen LogP contribution is -2.22. The Hall–Kier alpha value is -1.97. The smallest absolute Gasteiger partial charge is 0.135 e. The number of nitrogens with zero attached hydrogens (tertiary/aromatic N) is 1. The second-order valence-electron chi connectivity index (χ2n) is 5.83. The van der Waals surface area contributed by atoms with E-state index in [9.17, 15) is 0 Å². The highest BCUT2D eigenvalue weighted by Crippen LogP contribution is 2.11. The van der Waals surface area contributed by atoms with Gasteiger partial charge in [-0.05, 0) is 53.7 Å². The highest BCUT2D eigenvalue weighted by molar-refractivity contribution is 5.21. The summed E-state index contributed by atoms with van der Waals surface area (Å²) in [4.78, 5) is 4.07. The van der Waals surface area contributed by atoms with Gasteiger partial charge in [0.05, 0.1) is 12.2 Å². The number of dihydropyridines is 1.